The van der Waals surface area contributed by atoms with Crippen molar-refractivity contribution in [1.29, 1.82) is 0 Å². The van der Waals surface area contributed by atoms with Crippen molar-refractivity contribution in [2.45, 2.75) is 0 Å². The van der Waals surface area contributed by atoms with E-state index >= 15 is 0 Å². The lowest BCUT2D eigenvalue weighted by Crippen LogP contribution is -2.23. The average Bonchev–Trinajstić information content (AvgIpc) is 2.42. The highest BCUT2D eigenvalue weighted by Crippen LogP contribution is 1.94. The van der Waals surface area contributed by atoms with Crippen molar-refractivity contribution in [3.8, 4) is 0 Å². The summed E-state index contributed by atoms with van der Waals surface area (Å²) in [5, 5.41) is 10.3. The van der Waals surface area contributed by atoms with Crippen molar-refractivity contribution in [1.82, 2.24) is 10.4 Å². The fourth-order valence-corrected chi connectivity index (χ4v) is 0.416. The number of nitrogens with zero attached hydrogens (tertiary/aromatic N) is 1. The van der Waals surface area contributed by atoms with Crippen LogP contribution in [0.5, 0.6) is 0 Å². The molecule has 42 valence electrons. The molecule has 1 saturated heterocycles. The van der Waals surface area contributed by atoms with E-state index in [1.54, 1.807) is 0 Å². The molecule has 0 saturated carbocycles. The molecule has 0 spiro atoms. The van der Waals surface area contributed by atoms with Gasteiger partial charge in [-0.25, -0.2) is 5.01 Å². The van der Waals surface area contributed by atoms with Crippen LogP contribution in [0.25, 0.3) is 0 Å². The van der Waals surface area contributed by atoms with Crippen LogP contribution < -0.4 is 5.43 Å². The first-order valence-corrected chi connectivity index (χ1v) is 2.53. The summed E-state index contributed by atoms with van der Waals surface area (Å²) in [6, 6.07) is 0. The standard InChI is InChI=1S/C4H10N2O/c7-4-1-5-6-2-3-6/h5,7H,1-4H2. The summed E-state index contributed by atoms with van der Waals surface area (Å²) in [7, 11) is 0. The monoisotopic (exact) mass is 102 g/mol. The summed E-state index contributed by atoms with van der Waals surface area (Å²) in [4.78, 5) is 0. The number of hydrazine groups is 1. The molecular weight excluding hydrogens is 92.1 g/mol. The second-order valence-corrected chi connectivity index (χ2v) is 1.62. The molecule has 0 aromatic heterocycles. The molecule has 0 aliphatic carbocycles. The van der Waals surface area contributed by atoms with Gasteiger partial charge in [0.25, 0.3) is 0 Å². The van der Waals surface area contributed by atoms with E-state index in [9.17, 15) is 0 Å². The van der Waals surface area contributed by atoms with Crippen LogP contribution in [-0.4, -0.2) is 36.4 Å². The molecule has 1 rings (SSSR count). The summed E-state index contributed by atoms with van der Waals surface area (Å²) in [5.74, 6) is 0. The van der Waals surface area contributed by atoms with E-state index in [1.165, 1.54) is 0 Å². The molecule has 1 fully saturated rings. The smallest absolute Gasteiger partial charge is 0.0570 e. The molecule has 3 nitrogen and oxygen atoms in total. The Morgan fingerprint density at radius 3 is 2.71 bits per heavy atom. The van der Waals surface area contributed by atoms with Crippen LogP contribution >= 0.6 is 0 Å². The third-order valence-corrected chi connectivity index (χ3v) is 0.894. The molecule has 0 aromatic carbocycles. The Kier molecular flexibility index (Phi) is 1.62. The zero-order valence-electron chi connectivity index (χ0n) is 4.22. The predicted octanol–water partition coefficient (Wildman–Crippen LogP) is -1.20. The molecule has 7 heavy (non-hydrogen) atoms. The minimum absolute atomic E-state index is 0.233. The van der Waals surface area contributed by atoms with Crippen molar-refractivity contribution < 1.29 is 5.11 Å². The molecule has 0 aromatic rings. The molecule has 1 aliphatic rings. The van der Waals surface area contributed by atoms with Crippen LogP contribution in [0.1, 0.15) is 0 Å². The lowest BCUT2D eigenvalue weighted by Gasteiger charge is -1.97. The minimum atomic E-state index is 0.233. The molecule has 0 bridgehead atoms. The first-order valence-electron chi connectivity index (χ1n) is 2.53. The van der Waals surface area contributed by atoms with Gasteiger partial charge in [0.2, 0.25) is 0 Å². The van der Waals surface area contributed by atoms with Crippen LogP contribution in [0.15, 0.2) is 0 Å². The third-order valence-electron chi connectivity index (χ3n) is 0.894. The van der Waals surface area contributed by atoms with Crippen molar-refractivity contribution in [2.24, 2.45) is 0 Å². The largest absolute Gasteiger partial charge is 0.395 e. The van der Waals surface area contributed by atoms with Crippen molar-refractivity contribution in [3.05, 3.63) is 0 Å². The zero-order chi connectivity index (χ0) is 5.11. The van der Waals surface area contributed by atoms with Crippen LogP contribution in [-0.2, 0) is 0 Å². The molecule has 0 amide bonds. The van der Waals surface area contributed by atoms with E-state index in [2.05, 4.69) is 10.4 Å². The Hall–Kier alpha value is -0.120. The maximum absolute atomic E-state index is 8.25. The van der Waals surface area contributed by atoms with Crippen molar-refractivity contribution in [2.75, 3.05) is 26.2 Å². The average molecular weight is 102 g/mol. The Bertz CT molecular complexity index is 53.7. The van der Waals surface area contributed by atoms with Crippen LogP contribution in [0.2, 0.25) is 0 Å². The summed E-state index contributed by atoms with van der Waals surface area (Å²) in [5.41, 5.74) is 2.99. The lowest BCUT2D eigenvalue weighted by molar-refractivity contribution is 0.262. The molecule has 0 atom stereocenters. The van der Waals surface area contributed by atoms with Gasteiger partial charge in [0.15, 0.2) is 0 Å². The number of hydrogen-bond donors (Lipinski definition) is 2. The van der Waals surface area contributed by atoms with Gasteiger partial charge in [0.1, 0.15) is 0 Å². The van der Waals surface area contributed by atoms with Crippen molar-refractivity contribution in [3.63, 3.8) is 0 Å². The molecule has 1 heterocycles. The molecule has 1 aliphatic heterocycles. The van der Waals surface area contributed by atoms with Gasteiger partial charge < -0.3 is 5.11 Å². The molecular formula is C4H10N2O. The maximum atomic E-state index is 8.25. The maximum Gasteiger partial charge on any atom is 0.0570 e. The Balaban J connectivity index is 1.80. The van der Waals surface area contributed by atoms with Crippen molar-refractivity contribution >= 4 is 0 Å². The van der Waals surface area contributed by atoms with Gasteiger partial charge in [-0.1, -0.05) is 0 Å². The SMILES string of the molecule is OCCNN1CC1. The Morgan fingerprint density at radius 1 is 1.57 bits per heavy atom. The molecule has 0 unspecified atom stereocenters. The lowest BCUT2D eigenvalue weighted by atomic mass is 10.7. The van der Waals surface area contributed by atoms with E-state index in [4.69, 9.17) is 5.11 Å². The van der Waals surface area contributed by atoms with Gasteiger partial charge in [-0.05, 0) is 0 Å². The van der Waals surface area contributed by atoms with Crippen LogP contribution in [0, 0.1) is 0 Å². The second-order valence-electron chi connectivity index (χ2n) is 1.62. The zero-order valence-corrected chi connectivity index (χ0v) is 4.22. The van der Waals surface area contributed by atoms with Gasteiger partial charge in [0, 0.05) is 19.6 Å². The molecule has 2 N–H and O–H groups in total. The first-order chi connectivity index (χ1) is 3.43. The van der Waals surface area contributed by atoms with E-state index in [-0.39, 0.29) is 6.61 Å². The number of aliphatic hydroxyl groups is 1. The second kappa shape index (κ2) is 2.26. The summed E-state index contributed by atoms with van der Waals surface area (Å²) < 4.78 is 0. The van der Waals surface area contributed by atoms with Gasteiger partial charge in [0.05, 0.1) is 6.61 Å². The molecule has 0 radical (unpaired) electrons. The number of aliphatic hydroxyl groups excluding tert-OH is 1. The fourth-order valence-electron chi connectivity index (χ4n) is 0.416. The van der Waals surface area contributed by atoms with E-state index < -0.39 is 0 Å². The van der Waals surface area contributed by atoms with E-state index in [0.29, 0.717) is 6.54 Å². The van der Waals surface area contributed by atoms with Crippen LogP contribution in [0.4, 0.5) is 0 Å². The van der Waals surface area contributed by atoms with Crippen LogP contribution in [0.3, 0.4) is 0 Å². The van der Waals surface area contributed by atoms with E-state index in [1.807, 2.05) is 0 Å². The Labute approximate surface area is 42.9 Å². The normalized spacial score (nSPS) is 20.1. The van der Waals surface area contributed by atoms with Gasteiger partial charge >= 0.3 is 0 Å². The fraction of sp³-hybridized carbons (Fsp3) is 1.00. The highest BCUT2D eigenvalue weighted by Gasteiger charge is 2.14. The van der Waals surface area contributed by atoms with Gasteiger partial charge in [-0.2, -0.15) is 0 Å². The summed E-state index contributed by atoms with van der Waals surface area (Å²) in [6.45, 7) is 3.20. The summed E-state index contributed by atoms with van der Waals surface area (Å²) in [6.07, 6.45) is 0. The quantitative estimate of drug-likeness (QED) is 0.439. The Morgan fingerprint density at radius 2 is 2.29 bits per heavy atom. The predicted molar refractivity (Wildman–Crippen MR) is 26.7 cm³/mol. The summed E-state index contributed by atoms with van der Waals surface area (Å²) >= 11 is 0. The molecule has 3 heteroatoms. The topological polar surface area (TPSA) is 35.3 Å². The number of rotatable bonds is 3. The first kappa shape index (κ1) is 5.03. The number of hydrogen-bond acceptors (Lipinski definition) is 3. The highest BCUT2D eigenvalue weighted by atomic mass is 16.3. The van der Waals surface area contributed by atoms with Gasteiger partial charge in [-0.3, -0.25) is 5.43 Å². The minimum Gasteiger partial charge on any atom is -0.395 e. The third kappa shape index (κ3) is 1.87. The highest BCUT2D eigenvalue weighted by molar-refractivity contribution is 4.65. The number of nitrogens with one attached hydrogen (secondary N) is 1. The van der Waals surface area contributed by atoms with E-state index in [0.717, 1.165) is 13.1 Å². The van der Waals surface area contributed by atoms with Gasteiger partial charge in [-0.15, -0.1) is 0 Å².